The summed E-state index contributed by atoms with van der Waals surface area (Å²) >= 11 is 0. The van der Waals surface area contributed by atoms with E-state index in [-0.39, 0.29) is 5.95 Å². The van der Waals surface area contributed by atoms with Crippen LogP contribution in [0.5, 0.6) is 0 Å². The van der Waals surface area contributed by atoms with Gasteiger partial charge < -0.3 is 4.74 Å². The topological polar surface area (TPSA) is 79.9 Å². The van der Waals surface area contributed by atoms with Crippen LogP contribution in [0.15, 0.2) is 6.33 Å². The van der Waals surface area contributed by atoms with E-state index >= 15 is 0 Å². The number of nitrogens with zero attached hydrogens (tertiary/aromatic N) is 2. The number of amides is 1. The second-order valence-corrected chi connectivity index (χ2v) is 2.09. The standard InChI is InChI=1S/C6H10N4O2/c1-2-3-12-6(11)9-5-7-4-8-10-5/h4H,2-3H2,1H3,(H2,7,8,9,10,11). The van der Waals surface area contributed by atoms with E-state index in [4.69, 9.17) is 4.74 Å². The molecule has 1 aromatic heterocycles. The SMILES string of the molecule is CCCOC(=O)Nc1ncn[nH]1. The summed E-state index contributed by atoms with van der Waals surface area (Å²) < 4.78 is 4.73. The largest absolute Gasteiger partial charge is 0.449 e. The minimum Gasteiger partial charge on any atom is -0.449 e. The smallest absolute Gasteiger partial charge is 0.414 e. The third-order valence-electron chi connectivity index (χ3n) is 1.07. The van der Waals surface area contributed by atoms with Crippen LogP contribution in [-0.4, -0.2) is 27.9 Å². The van der Waals surface area contributed by atoms with Crippen LogP contribution in [-0.2, 0) is 4.74 Å². The van der Waals surface area contributed by atoms with Gasteiger partial charge in [0.1, 0.15) is 6.33 Å². The number of carbonyl (C=O) groups excluding carboxylic acids is 1. The van der Waals surface area contributed by atoms with Crippen LogP contribution in [0.3, 0.4) is 0 Å². The zero-order valence-electron chi connectivity index (χ0n) is 6.70. The third-order valence-corrected chi connectivity index (χ3v) is 1.07. The molecule has 0 aromatic carbocycles. The highest BCUT2D eigenvalue weighted by Gasteiger charge is 2.02. The Labute approximate surface area is 69.3 Å². The van der Waals surface area contributed by atoms with Crippen molar-refractivity contribution in [2.45, 2.75) is 13.3 Å². The number of hydrogen-bond donors (Lipinski definition) is 2. The molecule has 1 rings (SSSR count). The molecule has 0 aliphatic rings. The van der Waals surface area contributed by atoms with Gasteiger partial charge in [0.25, 0.3) is 0 Å². The second kappa shape index (κ2) is 4.32. The highest BCUT2D eigenvalue weighted by atomic mass is 16.5. The second-order valence-electron chi connectivity index (χ2n) is 2.09. The van der Waals surface area contributed by atoms with E-state index in [0.29, 0.717) is 6.61 Å². The van der Waals surface area contributed by atoms with Gasteiger partial charge in [0.2, 0.25) is 5.95 Å². The Bertz CT molecular complexity index is 234. The molecule has 0 saturated carbocycles. The Morgan fingerprint density at radius 2 is 2.67 bits per heavy atom. The summed E-state index contributed by atoms with van der Waals surface area (Å²) in [4.78, 5) is 14.5. The van der Waals surface area contributed by atoms with Crippen molar-refractivity contribution >= 4 is 12.0 Å². The first-order valence-corrected chi connectivity index (χ1v) is 3.62. The van der Waals surface area contributed by atoms with Gasteiger partial charge in [0.15, 0.2) is 0 Å². The molecule has 1 aromatic rings. The third kappa shape index (κ3) is 2.57. The first-order chi connectivity index (χ1) is 5.83. The fourth-order valence-corrected chi connectivity index (χ4v) is 0.593. The molecule has 0 spiro atoms. The van der Waals surface area contributed by atoms with Gasteiger partial charge in [0.05, 0.1) is 6.61 Å². The van der Waals surface area contributed by atoms with Crippen LogP contribution in [0.4, 0.5) is 10.7 Å². The van der Waals surface area contributed by atoms with E-state index < -0.39 is 6.09 Å². The van der Waals surface area contributed by atoms with Crippen molar-refractivity contribution in [2.75, 3.05) is 11.9 Å². The predicted octanol–water partition coefficient (Wildman–Crippen LogP) is 0.763. The molecule has 6 nitrogen and oxygen atoms in total. The fourth-order valence-electron chi connectivity index (χ4n) is 0.593. The Balaban J connectivity index is 2.27. The number of nitrogens with one attached hydrogen (secondary N) is 2. The van der Waals surface area contributed by atoms with Crippen LogP contribution in [0.2, 0.25) is 0 Å². The number of aromatic amines is 1. The molecule has 0 saturated heterocycles. The minimum absolute atomic E-state index is 0.288. The molecule has 12 heavy (non-hydrogen) atoms. The molecule has 0 unspecified atom stereocenters. The number of ether oxygens (including phenoxy) is 1. The average molecular weight is 170 g/mol. The first-order valence-electron chi connectivity index (χ1n) is 3.62. The van der Waals surface area contributed by atoms with Crippen molar-refractivity contribution < 1.29 is 9.53 Å². The minimum atomic E-state index is -0.520. The number of carbonyl (C=O) groups is 1. The van der Waals surface area contributed by atoms with Gasteiger partial charge in [-0.1, -0.05) is 6.92 Å². The zero-order valence-corrected chi connectivity index (χ0v) is 6.70. The molecule has 0 atom stereocenters. The van der Waals surface area contributed by atoms with E-state index in [1.54, 1.807) is 0 Å². The predicted molar refractivity (Wildman–Crippen MR) is 41.6 cm³/mol. The first kappa shape index (κ1) is 8.51. The Kier molecular flexibility index (Phi) is 3.06. The number of rotatable bonds is 3. The van der Waals surface area contributed by atoms with Gasteiger partial charge in [-0.05, 0) is 6.42 Å². The van der Waals surface area contributed by atoms with Crippen molar-refractivity contribution in [2.24, 2.45) is 0 Å². The van der Waals surface area contributed by atoms with Crippen LogP contribution >= 0.6 is 0 Å². The van der Waals surface area contributed by atoms with Crippen molar-refractivity contribution in [1.29, 1.82) is 0 Å². The van der Waals surface area contributed by atoms with Gasteiger partial charge in [-0.15, -0.1) is 0 Å². The highest BCUT2D eigenvalue weighted by Crippen LogP contribution is 1.93. The van der Waals surface area contributed by atoms with Crippen molar-refractivity contribution in [3.63, 3.8) is 0 Å². The monoisotopic (exact) mass is 170 g/mol. The molecule has 0 fully saturated rings. The van der Waals surface area contributed by atoms with E-state index in [0.717, 1.165) is 6.42 Å². The van der Waals surface area contributed by atoms with E-state index in [9.17, 15) is 4.79 Å². The summed E-state index contributed by atoms with van der Waals surface area (Å²) in [6.45, 7) is 2.32. The molecule has 1 heterocycles. The van der Waals surface area contributed by atoms with Crippen LogP contribution < -0.4 is 5.32 Å². The molecular weight excluding hydrogens is 160 g/mol. The van der Waals surface area contributed by atoms with Crippen molar-refractivity contribution in [3.05, 3.63) is 6.33 Å². The summed E-state index contributed by atoms with van der Waals surface area (Å²) in [7, 11) is 0. The fraction of sp³-hybridized carbons (Fsp3) is 0.500. The maximum absolute atomic E-state index is 10.8. The Hall–Kier alpha value is -1.59. The van der Waals surface area contributed by atoms with Gasteiger partial charge in [0, 0.05) is 0 Å². The molecular formula is C6H10N4O2. The molecule has 66 valence electrons. The lowest BCUT2D eigenvalue weighted by molar-refractivity contribution is 0.161. The molecule has 0 bridgehead atoms. The van der Waals surface area contributed by atoms with Crippen molar-refractivity contribution in [3.8, 4) is 0 Å². The summed E-state index contributed by atoms with van der Waals surface area (Å²) in [5.74, 6) is 0.288. The van der Waals surface area contributed by atoms with E-state index in [1.807, 2.05) is 6.92 Å². The molecule has 0 radical (unpaired) electrons. The summed E-state index contributed by atoms with van der Waals surface area (Å²) in [5, 5.41) is 8.39. The van der Waals surface area contributed by atoms with E-state index in [1.165, 1.54) is 6.33 Å². The zero-order chi connectivity index (χ0) is 8.81. The molecule has 2 N–H and O–H groups in total. The van der Waals surface area contributed by atoms with E-state index in [2.05, 4.69) is 20.5 Å². The van der Waals surface area contributed by atoms with Crippen LogP contribution in [0.1, 0.15) is 13.3 Å². The van der Waals surface area contributed by atoms with Crippen LogP contribution in [0, 0.1) is 0 Å². The molecule has 1 amide bonds. The number of aromatic nitrogens is 3. The maximum atomic E-state index is 10.8. The normalized spacial score (nSPS) is 9.42. The van der Waals surface area contributed by atoms with Crippen LogP contribution in [0.25, 0.3) is 0 Å². The number of H-pyrrole nitrogens is 1. The van der Waals surface area contributed by atoms with Gasteiger partial charge in [-0.3, -0.25) is 5.32 Å². The summed E-state index contributed by atoms with van der Waals surface area (Å²) in [5.41, 5.74) is 0. The summed E-state index contributed by atoms with van der Waals surface area (Å²) in [6, 6.07) is 0. The van der Waals surface area contributed by atoms with Gasteiger partial charge >= 0.3 is 6.09 Å². The van der Waals surface area contributed by atoms with Crippen molar-refractivity contribution in [1.82, 2.24) is 15.2 Å². The molecule has 6 heteroatoms. The molecule has 0 aliphatic carbocycles. The Morgan fingerprint density at radius 1 is 1.83 bits per heavy atom. The highest BCUT2D eigenvalue weighted by molar-refractivity contribution is 5.81. The lowest BCUT2D eigenvalue weighted by Crippen LogP contribution is -2.14. The number of anilines is 1. The quantitative estimate of drug-likeness (QED) is 0.701. The lowest BCUT2D eigenvalue weighted by atomic mass is 10.5. The summed E-state index contributed by atoms with van der Waals surface area (Å²) in [6.07, 6.45) is 1.58. The van der Waals surface area contributed by atoms with Gasteiger partial charge in [-0.2, -0.15) is 10.1 Å². The maximum Gasteiger partial charge on any atom is 0.414 e. The molecule has 0 aliphatic heterocycles. The number of hydrogen-bond acceptors (Lipinski definition) is 4. The average Bonchev–Trinajstić information content (AvgIpc) is 2.53. The van der Waals surface area contributed by atoms with Gasteiger partial charge in [-0.25, -0.2) is 9.89 Å². The Morgan fingerprint density at radius 3 is 3.25 bits per heavy atom. The lowest BCUT2D eigenvalue weighted by Gasteiger charge is -2.01.